The Labute approximate surface area is 123 Å². The second-order valence-corrected chi connectivity index (χ2v) is 6.92. The van der Waals surface area contributed by atoms with Crippen LogP contribution >= 0.6 is 0 Å². The minimum Gasteiger partial charge on any atom is -0.0736 e. The highest BCUT2D eigenvalue weighted by atomic mass is 14.3. The molecule has 0 saturated heterocycles. The van der Waals surface area contributed by atoms with Crippen molar-refractivity contribution in [1.29, 1.82) is 0 Å². The summed E-state index contributed by atoms with van der Waals surface area (Å²) in [6.45, 7) is 19.1. The van der Waals surface area contributed by atoms with E-state index < -0.39 is 0 Å². The Bertz CT molecular complexity index is 259. The maximum Gasteiger partial charge on any atom is -0.0198 e. The second kappa shape index (κ2) is 9.61. The van der Waals surface area contributed by atoms with Crippen molar-refractivity contribution in [3.05, 3.63) is 11.1 Å². The molecule has 0 aliphatic heterocycles. The van der Waals surface area contributed by atoms with Gasteiger partial charge in [-0.25, -0.2) is 0 Å². The first-order chi connectivity index (χ1) is 8.86. The van der Waals surface area contributed by atoms with Gasteiger partial charge in [0, 0.05) is 0 Å². The quantitative estimate of drug-likeness (QED) is 0.400. The Hall–Kier alpha value is -0.260. The molecule has 0 bridgehead atoms. The first kappa shape index (κ1) is 18.7. The van der Waals surface area contributed by atoms with E-state index >= 15 is 0 Å². The van der Waals surface area contributed by atoms with Gasteiger partial charge in [-0.15, -0.1) is 0 Å². The molecule has 3 atom stereocenters. The van der Waals surface area contributed by atoms with Gasteiger partial charge in [0.2, 0.25) is 0 Å². The third-order valence-corrected chi connectivity index (χ3v) is 4.98. The van der Waals surface area contributed by atoms with Crippen LogP contribution in [-0.2, 0) is 0 Å². The molecule has 0 fully saturated rings. The Morgan fingerprint density at radius 1 is 0.895 bits per heavy atom. The van der Waals surface area contributed by atoms with Gasteiger partial charge in [0.15, 0.2) is 0 Å². The van der Waals surface area contributed by atoms with Crippen molar-refractivity contribution in [3.8, 4) is 0 Å². The smallest absolute Gasteiger partial charge is 0.0198 e. The summed E-state index contributed by atoms with van der Waals surface area (Å²) in [7, 11) is 0. The third-order valence-electron chi connectivity index (χ3n) is 4.98. The minimum atomic E-state index is 0.735. The maximum atomic E-state index is 2.46. The molecule has 19 heavy (non-hydrogen) atoms. The largest absolute Gasteiger partial charge is 0.0736 e. The van der Waals surface area contributed by atoms with Gasteiger partial charge in [-0.05, 0) is 49.9 Å². The van der Waals surface area contributed by atoms with Gasteiger partial charge in [0.05, 0.1) is 0 Å². The molecular weight excluding hydrogens is 228 g/mol. The molecule has 0 aromatic carbocycles. The molecule has 3 unspecified atom stereocenters. The topological polar surface area (TPSA) is 0 Å². The monoisotopic (exact) mass is 266 g/mol. The zero-order valence-electron chi connectivity index (χ0n) is 14.8. The van der Waals surface area contributed by atoms with E-state index in [-0.39, 0.29) is 0 Å². The van der Waals surface area contributed by atoms with E-state index in [4.69, 9.17) is 0 Å². The van der Waals surface area contributed by atoms with Crippen molar-refractivity contribution in [2.75, 3.05) is 0 Å². The lowest BCUT2D eigenvalue weighted by atomic mass is 9.74. The average Bonchev–Trinajstić information content (AvgIpc) is 2.35. The van der Waals surface area contributed by atoms with Crippen molar-refractivity contribution in [2.24, 2.45) is 23.7 Å². The van der Waals surface area contributed by atoms with Gasteiger partial charge < -0.3 is 0 Å². The zero-order chi connectivity index (χ0) is 15.0. The Kier molecular flexibility index (Phi) is 9.48. The van der Waals surface area contributed by atoms with Crippen molar-refractivity contribution >= 4 is 0 Å². The lowest BCUT2D eigenvalue weighted by molar-refractivity contribution is 0.307. The van der Waals surface area contributed by atoms with E-state index in [9.17, 15) is 0 Å². The Morgan fingerprint density at radius 3 is 1.89 bits per heavy atom. The van der Waals surface area contributed by atoms with Gasteiger partial charge in [-0.3, -0.25) is 0 Å². The van der Waals surface area contributed by atoms with Crippen LogP contribution in [0.1, 0.15) is 87.5 Å². The van der Waals surface area contributed by atoms with Crippen LogP contribution in [0.4, 0.5) is 0 Å². The van der Waals surface area contributed by atoms with E-state index in [1.54, 1.807) is 11.1 Å². The fourth-order valence-electron chi connectivity index (χ4n) is 3.29. The van der Waals surface area contributed by atoms with E-state index in [0.29, 0.717) is 0 Å². The molecule has 0 amide bonds. The van der Waals surface area contributed by atoms with Crippen molar-refractivity contribution < 1.29 is 0 Å². The number of hydrogen-bond donors (Lipinski definition) is 0. The molecule has 0 aliphatic carbocycles. The summed E-state index contributed by atoms with van der Waals surface area (Å²) in [5.74, 6) is 3.06. The summed E-state index contributed by atoms with van der Waals surface area (Å²) in [5.41, 5.74) is 3.46. The molecule has 114 valence electrons. The van der Waals surface area contributed by atoms with Crippen LogP contribution in [0.2, 0.25) is 0 Å². The number of hydrogen-bond acceptors (Lipinski definition) is 0. The molecule has 0 aliphatic rings. The molecule has 0 N–H and O–H groups in total. The summed E-state index contributed by atoms with van der Waals surface area (Å²) >= 11 is 0. The summed E-state index contributed by atoms with van der Waals surface area (Å²) < 4.78 is 0. The van der Waals surface area contributed by atoms with Gasteiger partial charge in [0.25, 0.3) is 0 Å². The molecule has 0 nitrogen and oxygen atoms in total. The minimum absolute atomic E-state index is 0.735. The fourth-order valence-corrected chi connectivity index (χ4v) is 3.29. The van der Waals surface area contributed by atoms with Crippen LogP contribution in [0.15, 0.2) is 11.1 Å². The summed E-state index contributed by atoms with van der Waals surface area (Å²) in [5, 5.41) is 0. The van der Waals surface area contributed by atoms with Crippen LogP contribution in [0.5, 0.6) is 0 Å². The van der Waals surface area contributed by atoms with Crippen molar-refractivity contribution in [3.63, 3.8) is 0 Å². The van der Waals surface area contributed by atoms with Crippen molar-refractivity contribution in [2.45, 2.75) is 87.5 Å². The van der Waals surface area contributed by atoms with E-state index in [1.807, 2.05) is 0 Å². The van der Waals surface area contributed by atoms with Gasteiger partial charge in [-0.2, -0.15) is 0 Å². The fraction of sp³-hybridized carbons (Fsp3) is 0.895. The zero-order valence-corrected chi connectivity index (χ0v) is 14.8. The summed E-state index contributed by atoms with van der Waals surface area (Å²) in [6, 6.07) is 0. The van der Waals surface area contributed by atoms with Crippen LogP contribution in [0, 0.1) is 23.7 Å². The number of rotatable bonds is 9. The summed E-state index contributed by atoms with van der Waals surface area (Å²) in [4.78, 5) is 0. The van der Waals surface area contributed by atoms with Crippen LogP contribution in [-0.4, -0.2) is 0 Å². The standard InChI is InChI=1S/C19H38/c1-9-11-13-16(6)19(15(5)12-10-2)18(8)17(7)14(3)4/h14-15,17-18H,9-13H2,1-8H3. The number of allylic oxidation sites excluding steroid dienone is 2. The highest BCUT2D eigenvalue weighted by Crippen LogP contribution is 2.35. The predicted octanol–water partition coefficient (Wildman–Crippen LogP) is 6.86. The predicted molar refractivity (Wildman–Crippen MR) is 89.5 cm³/mol. The second-order valence-electron chi connectivity index (χ2n) is 6.92. The van der Waals surface area contributed by atoms with E-state index in [2.05, 4.69) is 55.4 Å². The molecular formula is C19H38. The molecule has 0 heteroatoms. The molecule has 0 aromatic heterocycles. The third kappa shape index (κ3) is 6.15. The lowest BCUT2D eigenvalue weighted by Crippen LogP contribution is -2.21. The highest BCUT2D eigenvalue weighted by Gasteiger charge is 2.24. The first-order valence-corrected chi connectivity index (χ1v) is 8.56. The maximum absolute atomic E-state index is 2.46. The Morgan fingerprint density at radius 2 is 1.47 bits per heavy atom. The van der Waals surface area contributed by atoms with E-state index in [1.165, 1.54) is 32.1 Å². The molecule has 0 heterocycles. The first-order valence-electron chi connectivity index (χ1n) is 8.56. The van der Waals surface area contributed by atoms with Crippen LogP contribution in [0.3, 0.4) is 0 Å². The normalized spacial score (nSPS) is 18.2. The Balaban J connectivity index is 5.14. The van der Waals surface area contributed by atoms with Gasteiger partial charge >= 0.3 is 0 Å². The SMILES string of the molecule is CCCCC(C)=C(C(C)CCC)C(C)C(C)C(C)C. The van der Waals surface area contributed by atoms with E-state index in [0.717, 1.165) is 23.7 Å². The molecule has 0 spiro atoms. The highest BCUT2D eigenvalue weighted by molar-refractivity contribution is 5.18. The molecule has 0 radical (unpaired) electrons. The van der Waals surface area contributed by atoms with Crippen LogP contribution in [0.25, 0.3) is 0 Å². The van der Waals surface area contributed by atoms with Crippen molar-refractivity contribution in [1.82, 2.24) is 0 Å². The summed E-state index contributed by atoms with van der Waals surface area (Å²) in [6.07, 6.45) is 6.59. The van der Waals surface area contributed by atoms with Gasteiger partial charge in [0.1, 0.15) is 0 Å². The molecule has 0 saturated carbocycles. The number of unbranched alkanes of at least 4 members (excludes halogenated alkanes) is 1. The van der Waals surface area contributed by atoms with Gasteiger partial charge in [-0.1, -0.05) is 72.5 Å². The average molecular weight is 267 g/mol. The molecule has 0 rings (SSSR count). The van der Waals surface area contributed by atoms with Crippen LogP contribution < -0.4 is 0 Å². The lowest BCUT2D eigenvalue weighted by Gasteiger charge is -2.31. The molecule has 0 aromatic rings.